The first-order valence-corrected chi connectivity index (χ1v) is 7.46. The molecule has 5 heteroatoms. The van der Waals surface area contributed by atoms with Crippen LogP contribution in [0.2, 0.25) is 0 Å². The van der Waals surface area contributed by atoms with Crippen LogP contribution in [0.3, 0.4) is 0 Å². The number of fused-ring (bicyclic) bond motifs is 1. The molecule has 0 unspecified atom stereocenters. The van der Waals surface area contributed by atoms with Gasteiger partial charge in [-0.3, -0.25) is 0 Å². The van der Waals surface area contributed by atoms with E-state index in [-0.39, 0.29) is 11.5 Å². The van der Waals surface area contributed by atoms with E-state index in [0.717, 1.165) is 12.1 Å². The molecule has 22 heavy (non-hydrogen) atoms. The van der Waals surface area contributed by atoms with Gasteiger partial charge in [0.15, 0.2) is 5.82 Å². The van der Waals surface area contributed by atoms with Crippen molar-refractivity contribution in [2.24, 2.45) is 5.41 Å². The number of benzene rings is 1. The van der Waals surface area contributed by atoms with Crippen molar-refractivity contribution in [2.75, 3.05) is 0 Å². The molecule has 1 aliphatic carbocycles. The summed E-state index contributed by atoms with van der Waals surface area (Å²) in [4.78, 5) is 8.68. The Hall–Kier alpha value is -2.43. The van der Waals surface area contributed by atoms with Gasteiger partial charge in [0.05, 0.1) is 18.6 Å². The Morgan fingerprint density at radius 2 is 2.09 bits per heavy atom. The van der Waals surface area contributed by atoms with Gasteiger partial charge in [-0.25, -0.2) is 4.98 Å². The van der Waals surface area contributed by atoms with Crippen LogP contribution in [-0.4, -0.2) is 19.7 Å². The van der Waals surface area contributed by atoms with Gasteiger partial charge in [-0.2, -0.15) is 4.98 Å². The second-order valence-electron chi connectivity index (χ2n) is 6.60. The largest absolute Gasteiger partial charge is 0.332 e. The quantitative estimate of drug-likeness (QED) is 0.726. The second-order valence-corrected chi connectivity index (χ2v) is 6.60. The Morgan fingerprint density at radius 1 is 1.27 bits per heavy atom. The first-order chi connectivity index (χ1) is 10.6. The fourth-order valence-corrected chi connectivity index (χ4v) is 3.57. The van der Waals surface area contributed by atoms with Crippen LogP contribution in [0.1, 0.15) is 36.8 Å². The summed E-state index contributed by atoms with van der Waals surface area (Å²) >= 11 is 0. The minimum atomic E-state index is 0.105. The summed E-state index contributed by atoms with van der Waals surface area (Å²) in [6.45, 7) is 6.41. The molecule has 0 radical (unpaired) electrons. The number of aromatic nitrogens is 4. The van der Waals surface area contributed by atoms with Gasteiger partial charge in [-0.05, 0) is 29.9 Å². The minimum absolute atomic E-state index is 0.105. The molecular formula is C17H18N4O. The topological polar surface area (TPSA) is 56.7 Å². The number of hydrogen-bond donors (Lipinski definition) is 0. The Balaban J connectivity index is 1.87. The van der Waals surface area contributed by atoms with Crippen molar-refractivity contribution < 1.29 is 4.52 Å². The highest BCUT2D eigenvalue weighted by molar-refractivity contribution is 5.49. The van der Waals surface area contributed by atoms with Gasteiger partial charge in [-0.1, -0.05) is 43.3 Å². The van der Waals surface area contributed by atoms with Crippen molar-refractivity contribution >= 4 is 0 Å². The summed E-state index contributed by atoms with van der Waals surface area (Å²) in [5.74, 6) is 1.16. The molecule has 1 aliphatic rings. The van der Waals surface area contributed by atoms with E-state index in [2.05, 4.69) is 57.8 Å². The highest BCUT2D eigenvalue weighted by Crippen LogP contribution is 2.48. The number of hydrogen-bond acceptors (Lipinski definition) is 4. The van der Waals surface area contributed by atoms with E-state index in [9.17, 15) is 0 Å². The van der Waals surface area contributed by atoms with Gasteiger partial charge in [-0.15, -0.1) is 0 Å². The van der Waals surface area contributed by atoms with Gasteiger partial charge in [0, 0.05) is 0 Å². The molecule has 0 saturated heterocycles. The molecule has 5 nitrogen and oxygen atoms in total. The average molecular weight is 294 g/mol. The van der Waals surface area contributed by atoms with Crippen molar-refractivity contribution in [1.82, 2.24) is 19.7 Å². The van der Waals surface area contributed by atoms with Crippen LogP contribution in [0, 0.1) is 12.3 Å². The third-order valence-electron chi connectivity index (χ3n) is 4.43. The molecule has 2 heterocycles. The van der Waals surface area contributed by atoms with Crippen molar-refractivity contribution in [3.05, 3.63) is 53.7 Å². The fraction of sp³-hybridized carbons (Fsp3) is 0.353. The minimum Gasteiger partial charge on any atom is -0.332 e. The summed E-state index contributed by atoms with van der Waals surface area (Å²) in [5.41, 5.74) is 3.73. The molecule has 0 N–H and O–H groups in total. The van der Waals surface area contributed by atoms with E-state index in [1.807, 2.05) is 13.3 Å². The molecule has 0 bridgehead atoms. The number of imidazole rings is 1. The lowest BCUT2D eigenvalue weighted by atomic mass is 9.85. The SMILES string of the molecule is Cc1noc(-c2cncn2[C@@H]2c3ccccc3CC2(C)C)n1. The summed E-state index contributed by atoms with van der Waals surface area (Å²) < 4.78 is 7.51. The molecule has 0 spiro atoms. The standard InChI is InChI=1S/C17H18N4O/c1-11-19-16(22-20-11)14-9-18-10-21(14)15-13-7-5-4-6-12(13)8-17(15,2)3/h4-7,9-10,15H,8H2,1-3H3/t15-/m1/s1. The van der Waals surface area contributed by atoms with Crippen molar-refractivity contribution in [3.63, 3.8) is 0 Å². The van der Waals surface area contributed by atoms with Crippen molar-refractivity contribution in [2.45, 2.75) is 33.2 Å². The van der Waals surface area contributed by atoms with Gasteiger partial charge >= 0.3 is 0 Å². The molecule has 0 amide bonds. The normalized spacial score (nSPS) is 19.3. The number of aryl methyl sites for hydroxylation is 1. The first-order valence-electron chi connectivity index (χ1n) is 7.46. The highest BCUT2D eigenvalue weighted by Gasteiger charge is 2.41. The summed E-state index contributed by atoms with van der Waals surface area (Å²) in [6.07, 6.45) is 4.71. The van der Waals surface area contributed by atoms with Crippen LogP contribution in [0.25, 0.3) is 11.6 Å². The zero-order valence-corrected chi connectivity index (χ0v) is 12.9. The molecule has 0 fully saturated rings. The molecule has 1 aromatic carbocycles. The molecule has 0 saturated carbocycles. The van der Waals surface area contributed by atoms with Gasteiger partial charge in [0.2, 0.25) is 0 Å². The first kappa shape index (κ1) is 13.2. The van der Waals surface area contributed by atoms with Gasteiger partial charge < -0.3 is 9.09 Å². The van der Waals surface area contributed by atoms with E-state index in [0.29, 0.717) is 11.7 Å². The molecule has 1 atom stereocenters. The van der Waals surface area contributed by atoms with Crippen LogP contribution in [0.15, 0.2) is 41.3 Å². The van der Waals surface area contributed by atoms with E-state index in [1.54, 1.807) is 6.20 Å². The molecule has 2 aromatic heterocycles. The fourth-order valence-electron chi connectivity index (χ4n) is 3.57. The lowest BCUT2D eigenvalue weighted by Crippen LogP contribution is -2.24. The maximum Gasteiger partial charge on any atom is 0.276 e. The summed E-state index contributed by atoms with van der Waals surface area (Å²) in [7, 11) is 0. The number of nitrogens with zero attached hydrogens (tertiary/aromatic N) is 4. The van der Waals surface area contributed by atoms with E-state index >= 15 is 0 Å². The number of rotatable bonds is 2. The second kappa shape index (κ2) is 4.53. The van der Waals surface area contributed by atoms with E-state index < -0.39 is 0 Å². The lowest BCUT2D eigenvalue weighted by molar-refractivity contribution is 0.279. The van der Waals surface area contributed by atoms with Crippen LogP contribution in [-0.2, 0) is 6.42 Å². The average Bonchev–Trinajstić information content (AvgIpc) is 3.13. The van der Waals surface area contributed by atoms with E-state index in [4.69, 9.17) is 4.52 Å². The smallest absolute Gasteiger partial charge is 0.276 e. The zero-order valence-electron chi connectivity index (χ0n) is 12.9. The Labute approximate surface area is 129 Å². The van der Waals surface area contributed by atoms with Crippen LogP contribution >= 0.6 is 0 Å². The predicted octanol–water partition coefficient (Wildman–Crippen LogP) is 3.41. The van der Waals surface area contributed by atoms with Crippen LogP contribution in [0.4, 0.5) is 0 Å². The molecule has 112 valence electrons. The third kappa shape index (κ3) is 1.89. The maximum atomic E-state index is 5.34. The zero-order chi connectivity index (χ0) is 15.3. The predicted molar refractivity (Wildman–Crippen MR) is 82.3 cm³/mol. The molecule has 3 aromatic rings. The highest BCUT2D eigenvalue weighted by atomic mass is 16.5. The van der Waals surface area contributed by atoms with Crippen LogP contribution < -0.4 is 0 Å². The van der Waals surface area contributed by atoms with Gasteiger partial charge in [0.25, 0.3) is 5.89 Å². The summed E-state index contributed by atoms with van der Waals surface area (Å²) in [5, 5.41) is 3.89. The Bertz CT molecular complexity index is 831. The van der Waals surface area contributed by atoms with E-state index in [1.165, 1.54) is 11.1 Å². The third-order valence-corrected chi connectivity index (χ3v) is 4.43. The summed E-state index contributed by atoms with van der Waals surface area (Å²) in [6, 6.07) is 8.84. The Kier molecular flexibility index (Phi) is 2.73. The van der Waals surface area contributed by atoms with Crippen LogP contribution in [0.5, 0.6) is 0 Å². The van der Waals surface area contributed by atoms with Crippen molar-refractivity contribution in [3.8, 4) is 11.6 Å². The van der Waals surface area contributed by atoms with Gasteiger partial charge in [0.1, 0.15) is 5.69 Å². The molecular weight excluding hydrogens is 276 g/mol. The molecule has 0 aliphatic heterocycles. The monoisotopic (exact) mass is 294 g/mol. The Morgan fingerprint density at radius 3 is 2.86 bits per heavy atom. The maximum absolute atomic E-state index is 5.34. The lowest BCUT2D eigenvalue weighted by Gasteiger charge is -2.29. The van der Waals surface area contributed by atoms with Crippen molar-refractivity contribution in [1.29, 1.82) is 0 Å². The molecule has 4 rings (SSSR count).